The van der Waals surface area contributed by atoms with Crippen LogP contribution in [0, 0.1) is 0 Å². The average molecular weight is 444 g/mol. The molecule has 0 fully saturated rings. The first-order valence-corrected chi connectivity index (χ1v) is 11.2. The topological polar surface area (TPSA) is 83.5 Å². The quantitative estimate of drug-likeness (QED) is 0.446. The van der Waals surface area contributed by atoms with Crippen LogP contribution in [-0.2, 0) is 4.79 Å². The number of carbonyl (C=O) groups excluding carboxylic acids is 1. The Kier molecular flexibility index (Phi) is 5.60. The molecule has 8 heteroatoms. The maximum Gasteiger partial charge on any atom is 0.253 e. The van der Waals surface area contributed by atoms with E-state index in [4.69, 9.17) is 9.84 Å². The number of nitrogens with zero attached hydrogens (tertiary/aromatic N) is 4. The van der Waals surface area contributed by atoms with Gasteiger partial charge in [-0.2, -0.15) is 10.2 Å². The number of methoxy groups -OCH3 is 1. The summed E-state index contributed by atoms with van der Waals surface area (Å²) in [4.78, 5) is 17.2. The van der Waals surface area contributed by atoms with Gasteiger partial charge in [0.1, 0.15) is 12.1 Å². The van der Waals surface area contributed by atoms with E-state index in [1.54, 1.807) is 12.1 Å². The number of carbonyl (C=O) groups is 1. The van der Waals surface area contributed by atoms with Gasteiger partial charge >= 0.3 is 0 Å². The fraction of sp³-hybridized carbons (Fsp3) is 0.167. The van der Waals surface area contributed by atoms with E-state index in [1.165, 1.54) is 23.5 Å². The third kappa shape index (κ3) is 4.09. The summed E-state index contributed by atoms with van der Waals surface area (Å²) in [6, 6.07) is 22.2. The van der Waals surface area contributed by atoms with Gasteiger partial charge < -0.3 is 4.74 Å². The lowest BCUT2D eigenvalue weighted by Gasteiger charge is -2.22. The summed E-state index contributed by atoms with van der Waals surface area (Å²) in [6.07, 6.45) is 2.07. The first kappa shape index (κ1) is 20.3. The molecule has 7 nitrogen and oxygen atoms in total. The largest absolute Gasteiger partial charge is 0.497 e. The Balaban J connectivity index is 1.45. The number of rotatable bonds is 6. The molecule has 2 heterocycles. The maximum absolute atomic E-state index is 13.1. The summed E-state index contributed by atoms with van der Waals surface area (Å²) in [7, 11) is 1.64. The number of ether oxygens (including phenoxy) is 1. The highest BCUT2D eigenvalue weighted by molar-refractivity contribution is 7.99. The standard InChI is InChI=1S/C24H21N5O2S/c1-31-20-10-8-17(9-11-20)22-13-21(19-7-6-16-4-2-3-5-18(16)12-19)28-29(22)23(30)14-32-24-25-15-26-27-24/h2-12,15,22H,13-14H2,1H3,(H,25,26,27)/t22-/m1/s1. The van der Waals surface area contributed by atoms with Crippen LogP contribution in [0.1, 0.15) is 23.6 Å². The van der Waals surface area contributed by atoms with E-state index in [0.717, 1.165) is 28.0 Å². The molecule has 1 aliphatic heterocycles. The van der Waals surface area contributed by atoms with Crippen molar-refractivity contribution < 1.29 is 9.53 Å². The predicted molar refractivity (Wildman–Crippen MR) is 125 cm³/mol. The van der Waals surface area contributed by atoms with Gasteiger partial charge in [0.05, 0.1) is 24.6 Å². The number of nitrogens with one attached hydrogen (secondary N) is 1. The van der Waals surface area contributed by atoms with Crippen molar-refractivity contribution in [2.45, 2.75) is 17.6 Å². The number of hydrogen-bond donors (Lipinski definition) is 1. The summed E-state index contributed by atoms with van der Waals surface area (Å²) >= 11 is 1.31. The van der Waals surface area contributed by atoms with Crippen LogP contribution in [0.5, 0.6) is 5.75 Å². The number of amides is 1. The van der Waals surface area contributed by atoms with E-state index in [1.807, 2.05) is 36.4 Å². The Labute approximate surface area is 189 Å². The van der Waals surface area contributed by atoms with Crippen LogP contribution < -0.4 is 4.74 Å². The maximum atomic E-state index is 13.1. The molecular weight excluding hydrogens is 422 g/mol. The smallest absolute Gasteiger partial charge is 0.253 e. The molecule has 0 saturated carbocycles. The minimum Gasteiger partial charge on any atom is -0.497 e. The molecule has 5 rings (SSSR count). The predicted octanol–water partition coefficient (Wildman–Crippen LogP) is 4.44. The number of hydrazone groups is 1. The lowest BCUT2D eigenvalue weighted by Crippen LogP contribution is -2.28. The van der Waals surface area contributed by atoms with Gasteiger partial charge in [-0.05, 0) is 40.1 Å². The highest BCUT2D eigenvalue weighted by Gasteiger charge is 2.33. The highest BCUT2D eigenvalue weighted by Crippen LogP contribution is 2.34. The van der Waals surface area contributed by atoms with Gasteiger partial charge in [-0.25, -0.2) is 9.99 Å². The third-order valence-corrected chi connectivity index (χ3v) is 6.34. The Hall–Kier alpha value is -3.65. The highest BCUT2D eigenvalue weighted by atomic mass is 32.2. The van der Waals surface area contributed by atoms with Gasteiger partial charge in [-0.1, -0.05) is 60.3 Å². The number of benzene rings is 3. The molecule has 1 aliphatic rings. The molecule has 160 valence electrons. The van der Waals surface area contributed by atoms with E-state index >= 15 is 0 Å². The number of aromatic nitrogens is 3. The molecule has 0 unspecified atom stereocenters. The zero-order chi connectivity index (χ0) is 21.9. The molecule has 1 amide bonds. The Bertz CT molecular complexity index is 1270. The van der Waals surface area contributed by atoms with Crippen LogP contribution in [0.2, 0.25) is 0 Å². The lowest BCUT2D eigenvalue weighted by molar-refractivity contribution is -0.130. The van der Waals surface area contributed by atoms with E-state index in [2.05, 4.69) is 45.5 Å². The first-order chi connectivity index (χ1) is 15.7. The fourth-order valence-electron chi connectivity index (χ4n) is 3.83. The van der Waals surface area contributed by atoms with Gasteiger partial charge in [0.2, 0.25) is 0 Å². The molecule has 1 atom stereocenters. The van der Waals surface area contributed by atoms with Crippen molar-refractivity contribution in [2.75, 3.05) is 12.9 Å². The van der Waals surface area contributed by atoms with Crippen molar-refractivity contribution in [1.29, 1.82) is 0 Å². The minimum absolute atomic E-state index is 0.0805. The normalized spacial score (nSPS) is 15.7. The Morgan fingerprint density at radius 3 is 2.69 bits per heavy atom. The molecule has 1 N–H and O–H groups in total. The lowest BCUT2D eigenvalue weighted by atomic mass is 9.97. The average Bonchev–Trinajstić information content (AvgIpc) is 3.53. The molecule has 32 heavy (non-hydrogen) atoms. The minimum atomic E-state index is -0.176. The summed E-state index contributed by atoms with van der Waals surface area (Å²) in [5, 5.41) is 15.9. The van der Waals surface area contributed by atoms with Crippen LogP contribution in [0.25, 0.3) is 10.8 Å². The molecule has 4 aromatic rings. The van der Waals surface area contributed by atoms with Gasteiger partial charge in [0.15, 0.2) is 5.16 Å². The molecule has 0 bridgehead atoms. The summed E-state index contributed by atoms with van der Waals surface area (Å²) in [5.74, 6) is 0.917. The number of H-pyrrole nitrogens is 1. The molecule has 0 aliphatic carbocycles. The monoisotopic (exact) mass is 443 g/mol. The second-order valence-electron chi connectivity index (χ2n) is 7.42. The molecule has 0 radical (unpaired) electrons. The van der Waals surface area contributed by atoms with Crippen LogP contribution in [0.4, 0.5) is 0 Å². The van der Waals surface area contributed by atoms with Crippen LogP contribution >= 0.6 is 11.8 Å². The second-order valence-corrected chi connectivity index (χ2v) is 8.38. The third-order valence-electron chi connectivity index (χ3n) is 5.47. The van der Waals surface area contributed by atoms with E-state index < -0.39 is 0 Å². The van der Waals surface area contributed by atoms with E-state index in [-0.39, 0.29) is 17.7 Å². The molecule has 0 spiro atoms. The number of aromatic amines is 1. The van der Waals surface area contributed by atoms with Crippen LogP contribution in [0.15, 0.2) is 83.3 Å². The number of thioether (sulfide) groups is 1. The molecular formula is C24H21N5O2S. The SMILES string of the molecule is COc1ccc([C@H]2CC(c3ccc4ccccc4c3)=NN2C(=O)CSc2ncn[nH]2)cc1. The summed E-state index contributed by atoms with van der Waals surface area (Å²) in [6.45, 7) is 0. The van der Waals surface area contributed by atoms with E-state index in [9.17, 15) is 4.79 Å². The molecule has 0 saturated heterocycles. The van der Waals surface area contributed by atoms with Gasteiger partial charge in [-0.15, -0.1) is 0 Å². The van der Waals surface area contributed by atoms with Gasteiger partial charge in [0, 0.05) is 6.42 Å². The number of fused-ring (bicyclic) bond motifs is 1. The van der Waals surface area contributed by atoms with Crippen molar-refractivity contribution in [1.82, 2.24) is 20.2 Å². The molecule has 3 aromatic carbocycles. The van der Waals surface area contributed by atoms with Crippen molar-refractivity contribution in [3.63, 3.8) is 0 Å². The Morgan fingerprint density at radius 1 is 1.12 bits per heavy atom. The Morgan fingerprint density at radius 2 is 1.94 bits per heavy atom. The van der Waals surface area contributed by atoms with Crippen molar-refractivity contribution >= 4 is 34.2 Å². The zero-order valence-electron chi connectivity index (χ0n) is 17.4. The first-order valence-electron chi connectivity index (χ1n) is 10.2. The van der Waals surface area contributed by atoms with Crippen molar-refractivity contribution in [3.8, 4) is 5.75 Å². The zero-order valence-corrected chi connectivity index (χ0v) is 18.2. The van der Waals surface area contributed by atoms with Crippen molar-refractivity contribution in [3.05, 3.63) is 84.2 Å². The summed E-state index contributed by atoms with van der Waals surface area (Å²) in [5.41, 5.74) is 2.94. The van der Waals surface area contributed by atoms with E-state index in [0.29, 0.717) is 11.6 Å². The van der Waals surface area contributed by atoms with Crippen molar-refractivity contribution in [2.24, 2.45) is 5.10 Å². The fourth-order valence-corrected chi connectivity index (χ4v) is 4.46. The van der Waals surface area contributed by atoms with Crippen LogP contribution in [-0.4, -0.2) is 44.7 Å². The van der Waals surface area contributed by atoms with Gasteiger partial charge in [-0.3, -0.25) is 9.89 Å². The number of hydrogen-bond acceptors (Lipinski definition) is 6. The second kappa shape index (κ2) is 8.84. The summed E-state index contributed by atoms with van der Waals surface area (Å²) < 4.78 is 5.29. The molecule has 1 aromatic heterocycles. The van der Waals surface area contributed by atoms with Crippen LogP contribution in [0.3, 0.4) is 0 Å². The van der Waals surface area contributed by atoms with Gasteiger partial charge in [0.25, 0.3) is 5.91 Å².